The first-order chi connectivity index (χ1) is 11.0. The molecule has 13 heteroatoms. The number of aliphatic hydroxyl groups excluding tert-OH is 6. The highest BCUT2D eigenvalue weighted by atomic mass is 32.3. The van der Waals surface area contributed by atoms with E-state index in [9.17, 15) is 39.1 Å². The molecule has 2 unspecified atom stereocenters. The van der Waals surface area contributed by atoms with Gasteiger partial charge >= 0.3 is 10.4 Å². The molecule has 0 spiro atoms. The van der Waals surface area contributed by atoms with E-state index in [2.05, 4.69) is 4.18 Å². The first-order valence-corrected chi connectivity index (χ1v) is 9.91. The third-order valence-electron chi connectivity index (χ3n) is 3.86. The van der Waals surface area contributed by atoms with Crippen molar-refractivity contribution in [2.24, 2.45) is 0 Å². The van der Waals surface area contributed by atoms with Crippen LogP contribution in [-0.2, 0) is 30.2 Å². The van der Waals surface area contributed by atoms with Gasteiger partial charge in [0.2, 0.25) is 0 Å². The zero-order chi connectivity index (χ0) is 18.2. The molecule has 2 aliphatic rings. The summed E-state index contributed by atoms with van der Waals surface area (Å²) in [7, 11) is -5.89. The van der Waals surface area contributed by atoms with Gasteiger partial charge in [0.1, 0.15) is 29.8 Å². The minimum Gasteiger partial charge on any atom is -0.420 e. The fraction of sp³-hybridized carbons (Fsp3) is 0.909. The van der Waals surface area contributed by atoms with Gasteiger partial charge in [-0.05, 0) is 17.0 Å². The average Bonchev–Trinajstić information content (AvgIpc) is 2.74. The molecule has 0 bridgehead atoms. The fourth-order valence-electron chi connectivity index (χ4n) is 2.66. The van der Waals surface area contributed by atoms with E-state index in [1.165, 1.54) is 0 Å². The van der Waals surface area contributed by atoms with Crippen LogP contribution in [0.3, 0.4) is 0 Å². The van der Waals surface area contributed by atoms with Crippen LogP contribution < -0.4 is 0 Å². The fourth-order valence-corrected chi connectivity index (χ4v) is 5.80. The molecule has 7 N–H and O–H groups in total. The molecule has 8 atom stereocenters. The summed E-state index contributed by atoms with van der Waals surface area (Å²) < 4.78 is 39.9. The lowest BCUT2D eigenvalue weighted by Crippen LogP contribution is -2.56. The van der Waals surface area contributed by atoms with Gasteiger partial charge in [0.15, 0.2) is 11.5 Å². The van der Waals surface area contributed by atoms with Gasteiger partial charge in [0.25, 0.3) is 0 Å². The van der Waals surface area contributed by atoms with Crippen LogP contribution in [0.15, 0.2) is 0 Å². The Morgan fingerprint density at radius 1 is 1.17 bits per heavy atom. The molecule has 11 nitrogen and oxygen atoms in total. The molecule has 2 rings (SSSR count). The van der Waals surface area contributed by atoms with Crippen LogP contribution in [0.4, 0.5) is 0 Å². The van der Waals surface area contributed by atoms with Gasteiger partial charge in [-0.25, -0.2) is 0 Å². The number of aliphatic hydroxyl groups is 6. The summed E-state index contributed by atoms with van der Waals surface area (Å²) in [5, 5.41) is 57.1. The van der Waals surface area contributed by atoms with Crippen molar-refractivity contribution in [1.29, 1.82) is 0 Å². The highest BCUT2D eigenvalue weighted by Gasteiger charge is 2.51. The highest BCUT2D eigenvalue weighted by Crippen LogP contribution is 2.33. The Morgan fingerprint density at radius 3 is 2.33 bits per heavy atom. The number of hydrogen-bond acceptors (Lipinski definition) is 10. The smallest absolute Gasteiger partial charge is 0.367 e. The van der Waals surface area contributed by atoms with E-state index in [0.29, 0.717) is 0 Å². The molecule has 0 aliphatic carbocycles. The van der Waals surface area contributed by atoms with Crippen LogP contribution in [0.5, 0.6) is 0 Å². The first kappa shape index (κ1) is 20.3. The summed E-state index contributed by atoms with van der Waals surface area (Å²) in [6.07, 6.45) is -10.0. The van der Waals surface area contributed by atoms with Crippen molar-refractivity contribution in [1.82, 2.24) is 0 Å². The van der Waals surface area contributed by atoms with E-state index < -0.39 is 76.1 Å². The molecular weight excluding hydrogens is 372 g/mol. The number of rotatable bonds is 5. The van der Waals surface area contributed by atoms with Crippen LogP contribution in [0.25, 0.3) is 0 Å². The Hall–Kier alpha value is -0.0600. The minimum absolute atomic E-state index is 0.0835. The largest absolute Gasteiger partial charge is 0.420 e. The van der Waals surface area contributed by atoms with Crippen molar-refractivity contribution in [3.05, 3.63) is 6.10 Å². The van der Waals surface area contributed by atoms with Crippen LogP contribution in [0, 0.1) is 6.10 Å². The zero-order valence-corrected chi connectivity index (χ0v) is 13.9. The van der Waals surface area contributed by atoms with E-state index in [1.54, 1.807) is 0 Å². The summed E-state index contributed by atoms with van der Waals surface area (Å²) >= 11 is 0. The molecule has 0 aromatic heterocycles. The van der Waals surface area contributed by atoms with Crippen LogP contribution >= 0.6 is 0 Å². The summed E-state index contributed by atoms with van der Waals surface area (Å²) in [5.41, 5.74) is 0. The maximum absolute atomic E-state index is 10.9. The Balaban J connectivity index is 2.18. The molecule has 0 amide bonds. The Bertz CT molecular complexity index is 528. The van der Waals surface area contributed by atoms with Crippen LogP contribution in [0.1, 0.15) is 0 Å². The first-order valence-electron chi connectivity index (χ1n) is 6.91. The second-order valence-electron chi connectivity index (χ2n) is 5.51. The predicted molar refractivity (Wildman–Crippen MR) is 78.8 cm³/mol. The van der Waals surface area contributed by atoms with Gasteiger partial charge in [-0.2, -0.15) is 8.42 Å². The Labute approximate surface area is 140 Å². The third-order valence-corrected chi connectivity index (χ3v) is 7.05. The standard InChI is InChI=1S/C11H20O11S2/c12-1-6-7(14)4(13)2-23(6)3-5-10(22-24(18,19)20)8(15)9(16)11(17)21-5/h4-9,11-17H,1-3H2,(H,18,19,20)/t4-,5-,6-,7+,8-,9-,11?,23?/m1/s1. The lowest BCUT2D eigenvalue weighted by molar-refractivity contribution is -0.246. The second-order valence-corrected chi connectivity index (χ2v) is 8.88. The van der Waals surface area contributed by atoms with Crippen molar-refractivity contribution in [3.63, 3.8) is 0 Å². The van der Waals surface area contributed by atoms with Crippen molar-refractivity contribution in [3.8, 4) is 0 Å². The predicted octanol–water partition coefficient (Wildman–Crippen LogP) is -4.51. The summed E-state index contributed by atoms with van der Waals surface area (Å²) in [6.45, 7) is -0.448. The molecule has 142 valence electrons. The SMILES string of the molecule is O=S(=O)(O)O[C-]1[C@@H](C[S+]2C[C@@H](O)[C@H](O)[C@H]2CO)OC(O)[C@H](O)[C@H]1O. The molecule has 0 aromatic rings. The topological polar surface area (TPSA) is 194 Å². The molecule has 0 aromatic carbocycles. The summed E-state index contributed by atoms with van der Waals surface area (Å²) in [5.74, 6) is -0.0365. The molecule has 24 heavy (non-hydrogen) atoms. The van der Waals surface area contributed by atoms with E-state index in [0.717, 1.165) is 0 Å². The van der Waals surface area contributed by atoms with Gasteiger partial charge in [0.05, 0.1) is 6.61 Å². The lowest BCUT2D eigenvalue weighted by atomic mass is 10.0. The molecule has 2 saturated heterocycles. The molecule has 0 saturated carbocycles. The molecule has 2 aliphatic heterocycles. The monoisotopic (exact) mass is 392 g/mol. The van der Waals surface area contributed by atoms with E-state index >= 15 is 0 Å². The number of hydrogen-bond donors (Lipinski definition) is 7. The van der Waals surface area contributed by atoms with Crippen molar-refractivity contribution >= 4 is 21.3 Å². The van der Waals surface area contributed by atoms with Gasteiger partial charge in [-0.15, -0.1) is 6.10 Å². The highest BCUT2D eigenvalue weighted by molar-refractivity contribution is 7.97. The Kier molecular flexibility index (Phi) is 6.47. The van der Waals surface area contributed by atoms with E-state index in [4.69, 9.17) is 9.29 Å². The lowest BCUT2D eigenvalue weighted by Gasteiger charge is -2.48. The van der Waals surface area contributed by atoms with Crippen molar-refractivity contribution in [2.75, 3.05) is 18.1 Å². The van der Waals surface area contributed by atoms with Gasteiger partial charge in [-0.1, -0.05) is 0 Å². The normalized spacial score (nSPS) is 44.8. The van der Waals surface area contributed by atoms with Crippen molar-refractivity contribution in [2.45, 2.75) is 42.1 Å². The zero-order valence-electron chi connectivity index (χ0n) is 12.2. The summed E-state index contributed by atoms with van der Waals surface area (Å²) in [6, 6.07) is 0. The molecule has 2 fully saturated rings. The second kappa shape index (κ2) is 7.67. The van der Waals surface area contributed by atoms with Gasteiger partial charge < -0.3 is 39.6 Å². The Morgan fingerprint density at radius 2 is 1.79 bits per heavy atom. The molecular formula is C11H20O11S2. The van der Waals surface area contributed by atoms with E-state index in [1.807, 2.05) is 0 Å². The maximum atomic E-state index is 10.9. The minimum atomic E-state index is -5.02. The average molecular weight is 392 g/mol. The van der Waals surface area contributed by atoms with Crippen molar-refractivity contribution < 1.29 is 52.5 Å². The number of ether oxygens (including phenoxy) is 1. The van der Waals surface area contributed by atoms with Gasteiger partial charge in [0, 0.05) is 6.10 Å². The van der Waals surface area contributed by atoms with Crippen LogP contribution in [0.2, 0.25) is 0 Å². The van der Waals surface area contributed by atoms with Crippen LogP contribution in [-0.4, -0.2) is 104 Å². The van der Waals surface area contributed by atoms with E-state index in [-0.39, 0.29) is 11.5 Å². The maximum Gasteiger partial charge on any atom is 0.367 e. The third kappa shape index (κ3) is 4.37. The quantitative estimate of drug-likeness (QED) is 0.135. The molecule has 2 heterocycles. The summed E-state index contributed by atoms with van der Waals surface area (Å²) in [4.78, 5) is 0. The molecule has 0 radical (unpaired) electrons. The van der Waals surface area contributed by atoms with Gasteiger partial charge in [-0.3, -0.25) is 4.55 Å².